The van der Waals surface area contributed by atoms with Gasteiger partial charge in [0, 0.05) is 62.5 Å². The molecule has 0 unspecified atom stereocenters. The van der Waals surface area contributed by atoms with E-state index in [1.54, 1.807) is 24.3 Å². The number of rotatable bonds is 6. The van der Waals surface area contributed by atoms with E-state index in [4.69, 9.17) is 13.7 Å². The molecule has 58 heavy (non-hydrogen) atoms. The maximum absolute atomic E-state index is 9.87. The molecule has 0 saturated carbocycles. The van der Waals surface area contributed by atoms with E-state index in [9.17, 15) is 16.4 Å². The fraction of sp³-hybridized carbons (Fsp3) is 0. The predicted molar refractivity (Wildman–Crippen MR) is 252 cm³/mol. The van der Waals surface area contributed by atoms with Crippen molar-refractivity contribution in [1.82, 2.24) is 4.57 Å². The molecule has 4 heteroatoms. The molecule has 0 spiro atoms. The third-order valence-electron chi connectivity index (χ3n) is 10.00. The molecule has 272 valence electrons. The molecule has 0 saturated heterocycles. The van der Waals surface area contributed by atoms with E-state index in [1.165, 1.54) is 4.90 Å². The van der Waals surface area contributed by atoms with Gasteiger partial charge in [0.1, 0.15) is 0 Å². The number of fused-ring (bicyclic) bond motifs is 9. The average Bonchev–Trinajstić information content (AvgIpc) is 4.24. The SMILES string of the molecule is [2H]c1c([2H])c([2H])c(-c2c([2H])c([2H])c3c(sc4c([2H])c([2H])c([2H])c(N(c5ccc(-n6c7ccccc7c7ccccc76)cc5)c5c([2H])c([2H])c([2H])c6sc7c([2H])c(-c8c([2H])c([2H])c([2H])c([2H])c8[2H])c([2H])c([2H])c7c56)c43)c2[2H])c([2H])c1[2H]. The second-order valence-electron chi connectivity index (χ2n) is 13.2. The second kappa shape index (κ2) is 13.3. The van der Waals surface area contributed by atoms with E-state index >= 15 is 0 Å². The summed E-state index contributed by atoms with van der Waals surface area (Å²) in [6.45, 7) is 0. The summed E-state index contributed by atoms with van der Waals surface area (Å²) >= 11 is 1.44. The Labute approximate surface area is 374 Å². The van der Waals surface area contributed by atoms with E-state index in [-0.39, 0.29) is 57.4 Å². The van der Waals surface area contributed by atoms with Crippen LogP contribution in [0.4, 0.5) is 17.1 Å². The van der Waals surface area contributed by atoms with Crippen LogP contribution in [-0.4, -0.2) is 4.57 Å². The Bertz CT molecular complexity index is 4480. The normalized spacial score (nSPS) is 17.1. The highest BCUT2D eigenvalue weighted by Gasteiger charge is 2.23. The van der Waals surface area contributed by atoms with Crippen molar-refractivity contribution >= 4 is 102 Å². The molecule has 0 atom stereocenters. The van der Waals surface area contributed by atoms with Crippen LogP contribution in [0.2, 0.25) is 0 Å². The first-order chi connectivity index (χ1) is 37.9. The summed E-state index contributed by atoms with van der Waals surface area (Å²) in [5.41, 5.74) is -0.247. The summed E-state index contributed by atoms with van der Waals surface area (Å²) in [5.74, 6) is 0. The van der Waals surface area contributed by atoms with Gasteiger partial charge in [0.2, 0.25) is 0 Å². The lowest BCUT2D eigenvalue weighted by molar-refractivity contribution is 1.17. The standard InChI is InChI=1S/C54H34N2S2/c1-3-13-35(14-4-1)37-25-31-43-51(33-37)57-49-23-11-21-47(53(43)49)56(40-29-27-39(28-30-40)55-45-19-9-7-17-41(45)42-18-8-10-20-46(42)55)48-22-12-24-50-54(48)44-32-26-38(34-52(44)58-50)36-15-5-2-6-16-36/h1-34H/i1D,2D,3D,4D,5D,6D,11D,12D,13D,14D,15D,16D,21D,22D,23D,24D,25D,26D,31D,32D,33D,34D. The van der Waals surface area contributed by atoms with Crippen molar-refractivity contribution in [3.8, 4) is 27.9 Å². The van der Waals surface area contributed by atoms with Gasteiger partial charge in [-0.1, -0.05) is 133 Å². The van der Waals surface area contributed by atoms with Crippen molar-refractivity contribution in [2.45, 2.75) is 0 Å². The van der Waals surface area contributed by atoms with Gasteiger partial charge in [-0.15, -0.1) is 22.7 Å². The molecule has 0 aliphatic carbocycles. The van der Waals surface area contributed by atoms with Crippen molar-refractivity contribution in [2.24, 2.45) is 0 Å². The van der Waals surface area contributed by atoms with Crippen LogP contribution in [0.3, 0.4) is 0 Å². The first-order valence-corrected chi connectivity index (χ1v) is 19.5. The number of benzene rings is 9. The lowest BCUT2D eigenvalue weighted by atomic mass is 10.0. The quantitative estimate of drug-likeness (QED) is 0.163. The lowest BCUT2D eigenvalue weighted by Gasteiger charge is -2.28. The van der Waals surface area contributed by atoms with Crippen LogP contribution < -0.4 is 4.90 Å². The third kappa shape index (κ3) is 5.23. The van der Waals surface area contributed by atoms with E-state index in [0.717, 1.165) is 44.5 Å². The number of thiophene rings is 2. The van der Waals surface area contributed by atoms with Crippen molar-refractivity contribution in [3.05, 3.63) is 206 Å². The first-order valence-electron chi connectivity index (χ1n) is 28.9. The minimum absolute atomic E-state index is 0.102. The topological polar surface area (TPSA) is 8.17 Å². The van der Waals surface area contributed by atoms with Crippen molar-refractivity contribution in [1.29, 1.82) is 0 Å². The number of nitrogens with zero attached hydrogens (tertiary/aromatic N) is 2. The van der Waals surface area contributed by atoms with Crippen LogP contribution in [0.5, 0.6) is 0 Å². The van der Waals surface area contributed by atoms with E-state index in [1.807, 2.05) is 53.1 Å². The largest absolute Gasteiger partial charge is 0.309 e. The molecule has 3 heterocycles. The molecular formula is C54H34N2S2. The van der Waals surface area contributed by atoms with Crippen molar-refractivity contribution in [3.63, 3.8) is 0 Å². The Balaban J connectivity index is 1.24. The van der Waals surface area contributed by atoms with E-state index < -0.39 is 155 Å². The Morgan fingerprint density at radius 2 is 0.879 bits per heavy atom. The van der Waals surface area contributed by atoms with Gasteiger partial charge < -0.3 is 9.47 Å². The summed E-state index contributed by atoms with van der Waals surface area (Å²) in [6, 6.07) is 7.01. The van der Waals surface area contributed by atoms with Gasteiger partial charge in [-0.05, 0) is 94.9 Å². The van der Waals surface area contributed by atoms with Crippen LogP contribution in [0.25, 0.3) is 90.1 Å². The molecule has 2 nitrogen and oxygen atoms in total. The van der Waals surface area contributed by atoms with Crippen LogP contribution >= 0.6 is 22.7 Å². The molecule has 12 rings (SSSR count). The monoisotopic (exact) mass is 796 g/mol. The van der Waals surface area contributed by atoms with Crippen LogP contribution in [0, 0.1) is 0 Å². The van der Waals surface area contributed by atoms with Gasteiger partial charge in [0.15, 0.2) is 0 Å². The van der Waals surface area contributed by atoms with E-state index in [2.05, 4.69) is 0 Å². The van der Waals surface area contributed by atoms with Gasteiger partial charge in [-0.2, -0.15) is 0 Å². The highest BCUT2D eigenvalue weighted by Crippen LogP contribution is 2.50. The first kappa shape index (κ1) is 18.1. The smallest absolute Gasteiger partial charge is 0.0645 e. The molecule has 0 N–H and O–H groups in total. The van der Waals surface area contributed by atoms with Crippen molar-refractivity contribution < 1.29 is 30.2 Å². The fourth-order valence-electron chi connectivity index (χ4n) is 7.52. The summed E-state index contributed by atoms with van der Waals surface area (Å²) < 4.78 is 201. The van der Waals surface area contributed by atoms with Gasteiger partial charge in [0.05, 0.1) is 52.6 Å². The van der Waals surface area contributed by atoms with Gasteiger partial charge in [-0.25, -0.2) is 0 Å². The zero-order valence-electron chi connectivity index (χ0n) is 51.6. The lowest BCUT2D eigenvalue weighted by Crippen LogP contribution is -2.11. The van der Waals surface area contributed by atoms with Crippen molar-refractivity contribution in [2.75, 3.05) is 4.90 Å². The predicted octanol–water partition coefficient (Wildman–Crippen LogP) is 16.3. The zero-order valence-corrected chi connectivity index (χ0v) is 31.3. The highest BCUT2D eigenvalue weighted by atomic mass is 32.1. The Kier molecular flexibility index (Phi) is 4.15. The molecule has 12 aromatic rings. The Morgan fingerprint density at radius 3 is 1.38 bits per heavy atom. The molecule has 0 aliphatic heterocycles. The number of para-hydroxylation sites is 2. The summed E-state index contributed by atoms with van der Waals surface area (Å²) in [5, 5.41) is 1.16. The Morgan fingerprint density at radius 1 is 0.397 bits per heavy atom. The fourth-order valence-corrected chi connectivity index (χ4v) is 9.55. The summed E-state index contributed by atoms with van der Waals surface area (Å²) in [7, 11) is 0. The van der Waals surface area contributed by atoms with Crippen LogP contribution in [0.15, 0.2) is 206 Å². The highest BCUT2D eigenvalue weighted by molar-refractivity contribution is 7.26. The molecule has 0 amide bonds. The molecule has 0 aliphatic rings. The Hall–Kier alpha value is -6.98. The third-order valence-corrected chi connectivity index (χ3v) is 12.0. The summed E-state index contributed by atoms with van der Waals surface area (Å²) in [4.78, 5) is 1.30. The van der Waals surface area contributed by atoms with Crippen LogP contribution in [0.1, 0.15) is 30.2 Å². The van der Waals surface area contributed by atoms with E-state index in [0.29, 0.717) is 5.69 Å². The average molecular weight is 797 g/mol. The minimum Gasteiger partial charge on any atom is -0.309 e. The van der Waals surface area contributed by atoms with Gasteiger partial charge >= 0.3 is 0 Å². The number of hydrogen-bond acceptors (Lipinski definition) is 3. The van der Waals surface area contributed by atoms with Gasteiger partial charge in [0.25, 0.3) is 0 Å². The summed E-state index contributed by atoms with van der Waals surface area (Å²) in [6.07, 6.45) is 0. The maximum atomic E-state index is 9.87. The zero-order chi connectivity index (χ0) is 57.3. The molecule has 0 fully saturated rings. The number of hydrogen-bond donors (Lipinski definition) is 0. The molecule has 3 aromatic heterocycles. The van der Waals surface area contributed by atoms with Crippen LogP contribution in [-0.2, 0) is 0 Å². The van der Waals surface area contributed by atoms with Gasteiger partial charge in [-0.3, -0.25) is 0 Å². The molecule has 9 aromatic carbocycles. The number of aromatic nitrogens is 1. The molecular weight excluding hydrogens is 741 g/mol. The minimum atomic E-state index is -0.752. The molecule has 0 bridgehead atoms. The molecule has 0 radical (unpaired) electrons. The number of anilines is 3. The second-order valence-corrected chi connectivity index (χ2v) is 15.2. The maximum Gasteiger partial charge on any atom is 0.0645 e.